The Kier molecular flexibility index (Phi) is 5.16. The summed E-state index contributed by atoms with van der Waals surface area (Å²) in [5, 5.41) is 2.01. The third kappa shape index (κ3) is 3.36. The normalized spacial score (nSPS) is 22.7. The molecule has 3 heterocycles. The molecule has 1 unspecified atom stereocenters. The lowest BCUT2D eigenvalue weighted by atomic mass is 9.89. The van der Waals surface area contributed by atoms with Crippen LogP contribution in [0.2, 0.25) is 0 Å². The van der Waals surface area contributed by atoms with Gasteiger partial charge in [0.25, 0.3) is 5.91 Å². The molecular weight excluding hydrogens is 296 g/mol. The first-order valence-corrected chi connectivity index (χ1v) is 9.20. The standard InChI is InChI=1S/C17H26N2O2S/c1-13-5-12-22-16(13)17(20)19-6-3-15(4-7-19)14(2)18-8-10-21-11-9-18/h5,12,14-15H,3-4,6-11H2,1-2H3. The van der Waals surface area contributed by atoms with E-state index < -0.39 is 0 Å². The van der Waals surface area contributed by atoms with Crippen molar-refractivity contribution in [1.29, 1.82) is 0 Å². The molecule has 0 N–H and O–H groups in total. The summed E-state index contributed by atoms with van der Waals surface area (Å²) < 4.78 is 5.44. The molecule has 0 saturated carbocycles. The molecule has 1 amide bonds. The first-order chi connectivity index (χ1) is 10.7. The van der Waals surface area contributed by atoms with Gasteiger partial charge in [0.05, 0.1) is 18.1 Å². The molecule has 0 aliphatic carbocycles. The van der Waals surface area contributed by atoms with Gasteiger partial charge < -0.3 is 9.64 Å². The van der Waals surface area contributed by atoms with Crippen molar-refractivity contribution in [3.63, 3.8) is 0 Å². The van der Waals surface area contributed by atoms with Crippen LogP contribution in [-0.2, 0) is 4.74 Å². The van der Waals surface area contributed by atoms with Crippen molar-refractivity contribution in [3.05, 3.63) is 21.9 Å². The number of carbonyl (C=O) groups excluding carboxylic acids is 1. The zero-order valence-electron chi connectivity index (χ0n) is 13.6. The molecule has 0 radical (unpaired) electrons. The molecule has 5 heteroatoms. The fraction of sp³-hybridized carbons (Fsp3) is 0.706. The molecule has 2 aliphatic heterocycles. The molecule has 1 aromatic heterocycles. The Morgan fingerprint density at radius 3 is 2.55 bits per heavy atom. The molecular formula is C17H26N2O2S. The number of morpholine rings is 1. The van der Waals surface area contributed by atoms with Crippen LogP contribution >= 0.6 is 11.3 Å². The minimum absolute atomic E-state index is 0.227. The van der Waals surface area contributed by atoms with Crippen molar-refractivity contribution in [2.75, 3.05) is 39.4 Å². The highest BCUT2D eigenvalue weighted by molar-refractivity contribution is 7.12. The monoisotopic (exact) mass is 322 g/mol. The summed E-state index contributed by atoms with van der Waals surface area (Å²) in [5.74, 6) is 0.927. The Morgan fingerprint density at radius 2 is 1.95 bits per heavy atom. The molecule has 2 fully saturated rings. The summed E-state index contributed by atoms with van der Waals surface area (Å²) in [4.78, 5) is 18.1. The van der Waals surface area contributed by atoms with Crippen LogP contribution in [0, 0.1) is 12.8 Å². The van der Waals surface area contributed by atoms with E-state index >= 15 is 0 Å². The number of piperidine rings is 1. The predicted octanol–water partition coefficient (Wildman–Crippen LogP) is 2.63. The van der Waals surface area contributed by atoms with Gasteiger partial charge in [0.1, 0.15) is 0 Å². The van der Waals surface area contributed by atoms with Crippen LogP contribution in [0.5, 0.6) is 0 Å². The fourth-order valence-electron chi connectivity index (χ4n) is 3.60. The summed E-state index contributed by atoms with van der Waals surface area (Å²) in [6, 6.07) is 2.63. The minimum atomic E-state index is 0.227. The average Bonchev–Trinajstić information content (AvgIpc) is 3.00. The number of nitrogens with zero attached hydrogens (tertiary/aromatic N) is 2. The number of carbonyl (C=O) groups is 1. The van der Waals surface area contributed by atoms with Gasteiger partial charge >= 0.3 is 0 Å². The summed E-state index contributed by atoms with van der Waals surface area (Å²) in [6.07, 6.45) is 2.24. The summed E-state index contributed by atoms with van der Waals surface area (Å²) in [5.41, 5.74) is 1.11. The Labute approximate surface area is 137 Å². The van der Waals surface area contributed by atoms with Crippen LogP contribution in [0.25, 0.3) is 0 Å². The number of hydrogen-bond donors (Lipinski definition) is 0. The quantitative estimate of drug-likeness (QED) is 0.857. The molecule has 0 bridgehead atoms. The highest BCUT2D eigenvalue weighted by Crippen LogP contribution is 2.27. The summed E-state index contributed by atoms with van der Waals surface area (Å²) >= 11 is 1.57. The maximum atomic E-state index is 12.6. The van der Waals surface area contributed by atoms with Gasteiger partial charge in [-0.3, -0.25) is 9.69 Å². The molecule has 0 spiro atoms. The van der Waals surface area contributed by atoms with Gasteiger partial charge in [0.2, 0.25) is 0 Å². The lowest BCUT2D eigenvalue weighted by Crippen LogP contribution is -2.49. The van der Waals surface area contributed by atoms with E-state index in [-0.39, 0.29) is 5.91 Å². The van der Waals surface area contributed by atoms with Gasteiger partial charge in [-0.05, 0) is 49.6 Å². The van der Waals surface area contributed by atoms with Crippen molar-refractivity contribution in [1.82, 2.24) is 9.80 Å². The van der Waals surface area contributed by atoms with E-state index in [1.165, 1.54) is 0 Å². The van der Waals surface area contributed by atoms with E-state index in [9.17, 15) is 4.79 Å². The van der Waals surface area contributed by atoms with Gasteiger partial charge in [-0.2, -0.15) is 0 Å². The minimum Gasteiger partial charge on any atom is -0.379 e. The van der Waals surface area contributed by atoms with Crippen molar-refractivity contribution < 1.29 is 9.53 Å². The van der Waals surface area contributed by atoms with E-state index in [1.54, 1.807) is 11.3 Å². The summed E-state index contributed by atoms with van der Waals surface area (Å²) in [7, 11) is 0. The summed E-state index contributed by atoms with van der Waals surface area (Å²) in [6.45, 7) is 9.99. The van der Waals surface area contributed by atoms with Gasteiger partial charge in [-0.1, -0.05) is 0 Å². The van der Waals surface area contributed by atoms with Crippen LogP contribution in [0.3, 0.4) is 0 Å². The smallest absolute Gasteiger partial charge is 0.264 e. The molecule has 22 heavy (non-hydrogen) atoms. The molecule has 2 saturated heterocycles. The van der Waals surface area contributed by atoms with Gasteiger partial charge in [0.15, 0.2) is 0 Å². The number of amides is 1. The van der Waals surface area contributed by atoms with Crippen LogP contribution in [0.4, 0.5) is 0 Å². The lowest BCUT2D eigenvalue weighted by molar-refractivity contribution is -0.000923. The second-order valence-corrected chi connectivity index (χ2v) is 7.37. The maximum Gasteiger partial charge on any atom is 0.264 e. The molecule has 0 aromatic carbocycles. The van der Waals surface area contributed by atoms with Crippen molar-refractivity contribution in [2.24, 2.45) is 5.92 Å². The number of hydrogen-bond acceptors (Lipinski definition) is 4. The van der Waals surface area contributed by atoms with E-state index in [0.717, 1.165) is 62.7 Å². The maximum absolute atomic E-state index is 12.6. The predicted molar refractivity (Wildman–Crippen MR) is 89.5 cm³/mol. The van der Waals surface area contributed by atoms with E-state index in [1.807, 2.05) is 23.3 Å². The number of aryl methyl sites for hydroxylation is 1. The molecule has 3 rings (SSSR count). The van der Waals surface area contributed by atoms with E-state index in [2.05, 4.69) is 11.8 Å². The number of ether oxygens (including phenoxy) is 1. The van der Waals surface area contributed by atoms with Crippen molar-refractivity contribution in [3.8, 4) is 0 Å². The Hall–Kier alpha value is -0.910. The Balaban J connectivity index is 1.53. The number of rotatable bonds is 3. The Bertz CT molecular complexity index is 503. The van der Waals surface area contributed by atoms with Crippen molar-refractivity contribution >= 4 is 17.2 Å². The van der Waals surface area contributed by atoms with E-state index in [0.29, 0.717) is 12.0 Å². The zero-order valence-corrected chi connectivity index (χ0v) is 14.4. The highest BCUT2D eigenvalue weighted by Gasteiger charge is 2.30. The number of thiophene rings is 1. The van der Waals surface area contributed by atoms with Gasteiger partial charge in [0, 0.05) is 32.2 Å². The third-order valence-corrected chi connectivity index (χ3v) is 6.19. The lowest BCUT2D eigenvalue weighted by Gasteiger charge is -2.41. The fourth-order valence-corrected chi connectivity index (χ4v) is 4.50. The van der Waals surface area contributed by atoms with E-state index in [4.69, 9.17) is 4.74 Å². The zero-order chi connectivity index (χ0) is 15.5. The molecule has 2 aliphatic rings. The second kappa shape index (κ2) is 7.11. The highest BCUT2D eigenvalue weighted by atomic mass is 32.1. The number of likely N-dealkylation sites (tertiary alicyclic amines) is 1. The third-order valence-electron chi connectivity index (χ3n) is 5.19. The molecule has 122 valence electrons. The van der Waals surface area contributed by atoms with Gasteiger partial charge in [-0.25, -0.2) is 0 Å². The molecule has 1 aromatic rings. The van der Waals surface area contributed by atoms with Crippen LogP contribution < -0.4 is 0 Å². The van der Waals surface area contributed by atoms with Gasteiger partial charge in [-0.15, -0.1) is 11.3 Å². The first kappa shape index (κ1) is 16.0. The topological polar surface area (TPSA) is 32.8 Å². The SMILES string of the molecule is Cc1ccsc1C(=O)N1CCC(C(C)N2CCOCC2)CC1. The van der Waals surface area contributed by atoms with Crippen molar-refractivity contribution in [2.45, 2.75) is 32.7 Å². The second-order valence-electron chi connectivity index (χ2n) is 6.45. The van der Waals surface area contributed by atoms with Crippen LogP contribution in [-0.4, -0.2) is 61.1 Å². The molecule has 4 nitrogen and oxygen atoms in total. The van der Waals surface area contributed by atoms with Crippen LogP contribution in [0.15, 0.2) is 11.4 Å². The average molecular weight is 322 g/mol. The largest absolute Gasteiger partial charge is 0.379 e. The Morgan fingerprint density at radius 1 is 1.27 bits per heavy atom. The van der Waals surface area contributed by atoms with Crippen LogP contribution in [0.1, 0.15) is 35.0 Å². The molecule has 1 atom stereocenters. The first-order valence-electron chi connectivity index (χ1n) is 8.32.